The molecule has 8 heteroatoms. The zero-order chi connectivity index (χ0) is 19.3. The van der Waals surface area contributed by atoms with Gasteiger partial charge in [0, 0.05) is 26.2 Å². The van der Waals surface area contributed by atoms with Crippen LogP contribution in [0.1, 0.15) is 18.4 Å². The molecule has 0 radical (unpaired) electrons. The molecule has 1 aromatic carbocycles. The molecule has 1 fully saturated rings. The summed E-state index contributed by atoms with van der Waals surface area (Å²) in [6.07, 6.45) is 2.07. The molecule has 3 N–H and O–H groups in total. The van der Waals surface area contributed by atoms with Gasteiger partial charge in [0.15, 0.2) is 5.96 Å². The first-order chi connectivity index (χ1) is 13.1. The average Bonchev–Trinajstić information content (AvgIpc) is 2.68. The van der Waals surface area contributed by atoms with Crippen LogP contribution in [-0.4, -0.2) is 82.4 Å². The van der Waals surface area contributed by atoms with Gasteiger partial charge in [-0.05, 0) is 51.2 Å². The second-order valence-electron chi connectivity index (χ2n) is 7.09. The Bertz CT molecular complexity index is 548. The lowest BCUT2D eigenvalue weighted by Gasteiger charge is -2.26. The summed E-state index contributed by atoms with van der Waals surface area (Å²) in [5.41, 5.74) is 7.07. The smallest absolute Gasteiger partial charge is 0.188 e. The first-order valence-electron chi connectivity index (χ1n) is 9.84. The number of guanidine groups is 1. The second-order valence-corrected chi connectivity index (χ2v) is 7.09. The highest BCUT2D eigenvalue weighted by atomic mass is 127. The van der Waals surface area contributed by atoms with Crippen LogP contribution in [0.25, 0.3) is 0 Å². The number of hydrogen-bond donors (Lipinski definition) is 2. The summed E-state index contributed by atoms with van der Waals surface area (Å²) in [5, 5.41) is 3.19. The van der Waals surface area contributed by atoms with Gasteiger partial charge in [0.1, 0.15) is 5.75 Å². The molecule has 0 amide bonds. The Labute approximate surface area is 186 Å². The van der Waals surface area contributed by atoms with Crippen molar-refractivity contribution in [2.45, 2.75) is 19.4 Å². The highest BCUT2D eigenvalue weighted by Crippen LogP contribution is 2.13. The third-order valence-corrected chi connectivity index (χ3v) is 4.43. The van der Waals surface area contributed by atoms with Crippen LogP contribution in [0.2, 0.25) is 0 Å². The first kappa shape index (κ1) is 24.9. The quantitative estimate of drug-likeness (QED) is 0.207. The number of nitrogens with zero attached hydrogens (tertiary/aromatic N) is 3. The maximum absolute atomic E-state index is 5.95. The van der Waals surface area contributed by atoms with E-state index in [1.807, 2.05) is 24.3 Å². The van der Waals surface area contributed by atoms with Gasteiger partial charge in [0.2, 0.25) is 0 Å². The molecule has 160 valence electrons. The molecule has 0 unspecified atom stereocenters. The Hall–Kier alpha value is -1.10. The van der Waals surface area contributed by atoms with Crippen molar-refractivity contribution < 1.29 is 9.47 Å². The molecule has 28 heavy (non-hydrogen) atoms. The fourth-order valence-electron chi connectivity index (χ4n) is 2.84. The average molecular weight is 505 g/mol. The molecular weight excluding hydrogens is 469 g/mol. The summed E-state index contributed by atoms with van der Waals surface area (Å²) in [4.78, 5) is 8.98. The van der Waals surface area contributed by atoms with Crippen molar-refractivity contribution in [1.29, 1.82) is 0 Å². The minimum atomic E-state index is 0. The van der Waals surface area contributed by atoms with E-state index < -0.39 is 0 Å². The number of rotatable bonds is 11. The molecule has 0 aliphatic carbocycles. The Morgan fingerprint density at radius 3 is 2.61 bits per heavy atom. The SMILES string of the molecule is CN(C)CCCOc1ccc(CN=C(N)NCCCN2CCOCC2)cc1.I. The molecule has 1 heterocycles. The third-order valence-electron chi connectivity index (χ3n) is 4.43. The molecule has 1 aliphatic rings. The number of aliphatic imine (C=N–C) groups is 1. The predicted octanol–water partition coefficient (Wildman–Crippen LogP) is 1.76. The number of benzene rings is 1. The Kier molecular flexibility index (Phi) is 13.2. The summed E-state index contributed by atoms with van der Waals surface area (Å²) >= 11 is 0. The zero-order valence-corrected chi connectivity index (χ0v) is 19.6. The van der Waals surface area contributed by atoms with Gasteiger partial charge in [-0.2, -0.15) is 0 Å². The molecule has 0 bridgehead atoms. The highest BCUT2D eigenvalue weighted by Gasteiger charge is 2.08. The summed E-state index contributed by atoms with van der Waals surface area (Å²) < 4.78 is 11.1. The van der Waals surface area contributed by atoms with Crippen LogP contribution >= 0.6 is 24.0 Å². The fourth-order valence-corrected chi connectivity index (χ4v) is 2.84. The van der Waals surface area contributed by atoms with Gasteiger partial charge in [-0.1, -0.05) is 12.1 Å². The molecule has 0 saturated carbocycles. The second kappa shape index (κ2) is 14.8. The van der Waals surface area contributed by atoms with Crippen LogP contribution in [0, 0.1) is 0 Å². The van der Waals surface area contributed by atoms with Crippen molar-refractivity contribution in [3.63, 3.8) is 0 Å². The number of hydrogen-bond acceptors (Lipinski definition) is 5. The minimum Gasteiger partial charge on any atom is -0.494 e. The maximum atomic E-state index is 5.95. The first-order valence-corrected chi connectivity index (χ1v) is 9.84. The molecule has 1 aliphatic heterocycles. The molecule has 0 atom stereocenters. The topological polar surface area (TPSA) is 75.3 Å². The van der Waals surface area contributed by atoms with E-state index in [4.69, 9.17) is 15.2 Å². The van der Waals surface area contributed by atoms with E-state index in [1.165, 1.54) is 0 Å². The van der Waals surface area contributed by atoms with Crippen LogP contribution in [0.3, 0.4) is 0 Å². The van der Waals surface area contributed by atoms with Gasteiger partial charge < -0.3 is 25.4 Å². The number of ether oxygens (including phenoxy) is 2. The highest BCUT2D eigenvalue weighted by molar-refractivity contribution is 14.0. The summed E-state index contributed by atoms with van der Waals surface area (Å²) in [6, 6.07) is 8.06. The van der Waals surface area contributed by atoms with E-state index >= 15 is 0 Å². The standard InChI is InChI=1S/C20H35N5O2.HI/c1-24(2)10-4-14-27-19-7-5-18(6-8-19)17-23-20(21)22-9-3-11-25-12-15-26-16-13-25;/h5-8H,3-4,9-17H2,1-2H3,(H3,21,22,23);1H. The van der Waals surface area contributed by atoms with Gasteiger partial charge in [-0.3, -0.25) is 4.90 Å². The molecule has 0 aromatic heterocycles. The van der Waals surface area contributed by atoms with Gasteiger partial charge in [0.05, 0.1) is 26.4 Å². The Morgan fingerprint density at radius 1 is 1.21 bits per heavy atom. The van der Waals surface area contributed by atoms with E-state index in [9.17, 15) is 0 Å². The third kappa shape index (κ3) is 11.0. The number of nitrogens with two attached hydrogens (primary N) is 1. The van der Waals surface area contributed by atoms with Crippen molar-refractivity contribution in [2.24, 2.45) is 10.7 Å². The van der Waals surface area contributed by atoms with Crippen molar-refractivity contribution in [3.8, 4) is 5.75 Å². The van der Waals surface area contributed by atoms with E-state index in [2.05, 4.69) is 34.2 Å². The largest absolute Gasteiger partial charge is 0.494 e. The fraction of sp³-hybridized carbons (Fsp3) is 0.650. The van der Waals surface area contributed by atoms with E-state index in [-0.39, 0.29) is 24.0 Å². The van der Waals surface area contributed by atoms with Crippen molar-refractivity contribution in [2.75, 3.05) is 66.6 Å². The summed E-state index contributed by atoms with van der Waals surface area (Å²) in [7, 11) is 4.14. The molecular formula is C20H36IN5O2. The van der Waals surface area contributed by atoms with Crippen LogP contribution in [0.5, 0.6) is 5.75 Å². The molecule has 1 saturated heterocycles. The van der Waals surface area contributed by atoms with Crippen molar-refractivity contribution in [3.05, 3.63) is 29.8 Å². The Balaban J connectivity index is 0.00000392. The predicted molar refractivity (Wildman–Crippen MR) is 126 cm³/mol. The van der Waals surface area contributed by atoms with Crippen LogP contribution in [-0.2, 0) is 11.3 Å². The molecule has 7 nitrogen and oxygen atoms in total. The molecule has 2 rings (SSSR count). The number of morpholine rings is 1. The summed E-state index contributed by atoms with van der Waals surface area (Å²) in [5.74, 6) is 1.40. The van der Waals surface area contributed by atoms with Gasteiger partial charge in [-0.25, -0.2) is 4.99 Å². The lowest BCUT2D eigenvalue weighted by molar-refractivity contribution is 0.0376. The van der Waals surface area contributed by atoms with Gasteiger partial charge >= 0.3 is 0 Å². The van der Waals surface area contributed by atoms with Crippen molar-refractivity contribution >= 4 is 29.9 Å². The van der Waals surface area contributed by atoms with Crippen LogP contribution in [0.15, 0.2) is 29.3 Å². The van der Waals surface area contributed by atoms with Crippen molar-refractivity contribution in [1.82, 2.24) is 15.1 Å². The number of halogens is 1. The van der Waals surface area contributed by atoms with Gasteiger partial charge in [0.25, 0.3) is 0 Å². The Morgan fingerprint density at radius 2 is 1.93 bits per heavy atom. The van der Waals surface area contributed by atoms with E-state index in [0.717, 1.165) is 76.7 Å². The monoisotopic (exact) mass is 505 g/mol. The van der Waals surface area contributed by atoms with Crippen LogP contribution < -0.4 is 15.8 Å². The molecule has 1 aromatic rings. The molecule has 0 spiro atoms. The zero-order valence-electron chi connectivity index (χ0n) is 17.2. The lowest BCUT2D eigenvalue weighted by Crippen LogP contribution is -2.39. The normalized spacial score (nSPS) is 15.3. The maximum Gasteiger partial charge on any atom is 0.188 e. The van der Waals surface area contributed by atoms with E-state index in [0.29, 0.717) is 12.5 Å². The van der Waals surface area contributed by atoms with Crippen LogP contribution in [0.4, 0.5) is 0 Å². The lowest BCUT2D eigenvalue weighted by atomic mass is 10.2. The van der Waals surface area contributed by atoms with Gasteiger partial charge in [-0.15, -0.1) is 24.0 Å². The summed E-state index contributed by atoms with van der Waals surface area (Å²) in [6.45, 7) is 7.99. The number of nitrogens with one attached hydrogen (secondary N) is 1. The minimum absolute atomic E-state index is 0. The van der Waals surface area contributed by atoms with E-state index in [1.54, 1.807) is 0 Å².